The highest BCUT2D eigenvalue weighted by atomic mass is 79.9. The normalized spacial score (nSPS) is 11.4. The average Bonchev–Trinajstić information content (AvgIpc) is 3.09. The largest absolute Gasteiger partial charge is 0.471 e. The van der Waals surface area contributed by atoms with E-state index in [-0.39, 0.29) is 36.5 Å². The molecule has 0 saturated heterocycles. The summed E-state index contributed by atoms with van der Waals surface area (Å²) in [6, 6.07) is 2.46. The zero-order chi connectivity index (χ0) is 19.1. The van der Waals surface area contributed by atoms with Crippen LogP contribution in [0.2, 0.25) is 0 Å². The molecule has 1 amide bonds. The van der Waals surface area contributed by atoms with Crippen LogP contribution in [0.1, 0.15) is 25.2 Å². The van der Waals surface area contributed by atoms with Crippen molar-refractivity contribution >= 4 is 27.5 Å². The standard InChI is InChI=1S/C14H14BrN7O4/c1-2-10(21-8-19-12(6-16)20-21)13(23)17-3-4-26-14-11(22(24)25)5-9(15)7-18-14/h5,7-8,10H,2-4H2,1H3,(H,17,23). The number of aromatic nitrogens is 4. The van der Waals surface area contributed by atoms with Crippen LogP contribution in [0, 0.1) is 21.4 Å². The van der Waals surface area contributed by atoms with Crippen LogP contribution in [0.4, 0.5) is 5.69 Å². The Morgan fingerprint density at radius 3 is 2.96 bits per heavy atom. The Bertz CT molecular complexity index is 848. The van der Waals surface area contributed by atoms with E-state index in [4.69, 9.17) is 10.00 Å². The Hall–Kier alpha value is -3.07. The van der Waals surface area contributed by atoms with Crippen molar-refractivity contribution in [2.75, 3.05) is 13.2 Å². The molecule has 26 heavy (non-hydrogen) atoms. The molecule has 0 aliphatic heterocycles. The van der Waals surface area contributed by atoms with Crippen molar-refractivity contribution in [3.05, 3.63) is 39.0 Å². The molecule has 2 aromatic rings. The number of nitrogens with one attached hydrogen (secondary N) is 1. The van der Waals surface area contributed by atoms with Crippen LogP contribution >= 0.6 is 15.9 Å². The van der Waals surface area contributed by atoms with E-state index < -0.39 is 11.0 Å². The first-order valence-corrected chi connectivity index (χ1v) is 8.27. The SMILES string of the molecule is CCC(C(=O)NCCOc1ncc(Br)cc1[N+](=O)[O-])n1cnc(C#N)n1. The number of nitro groups is 1. The second-order valence-electron chi connectivity index (χ2n) is 4.96. The van der Waals surface area contributed by atoms with E-state index in [1.54, 1.807) is 13.0 Å². The van der Waals surface area contributed by atoms with Gasteiger partial charge in [-0.15, -0.1) is 5.10 Å². The van der Waals surface area contributed by atoms with Crippen LogP contribution in [0.3, 0.4) is 0 Å². The van der Waals surface area contributed by atoms with Gasteiger partial charge in [0.2, 0.25) is 5.91 Å². The third kappa shape index (κ3) is 4.73. The predicted molar refractivity (Wildman–Crippen MR) is 91.2 cm³/mol. The number of pyridine rings is 1. The minimum absolute atomic E-state index is 0.00154. The van der Waals surface area contributed by atoms with Gasteiger partial charge >= 0.3 is 5.69 Å². The third-order valence-corrected chi connectivity index (χ3v) is 3.69. The Kier molecular flexibility index (Phi) is 6.56. The van der Waals surface area contributed by atoms with Gasteiger partial charge in [0.15, 0.2) is 0 Å². The van der Waals surface area contributed by atoms with E-state index in [0.29, 0.717) is 10.9 Å². The lowest BCUT2D eigenvalue weighted by molar-refractivity contribution is -0.386. The second kappa shape index (κ2) is 8.86. The summed E-state index contributed by atoms with van der Waals surface area (Å²) in [5.41, 5.74) is -0.274. The fourth-order valence-electron chi connectivity index (χ4n) is 2.07. The lowest BCUT2D eigenvalue weighted by atomic mass is 10.2. The number of halogens is 1. The number of nitriles is 1. The van der Waals surface area contributed by atoms with Gasteiger partial charge in [-0.2, -0.15) is 5.26 Å². The van der Waals surface area contributed by atoms with Gasteiger partial charge in [-0.3, -0.25) is 14.9 Å². The molecule has 2 aromatic heterocycles. The van der Waals surface area contributed by atoms with Crippen LogP contribution < -0.4 is 10.1 Å². The molecule has 11 nitrogen and oxygen atoms in total. The Balaban J connectivity index is 1.90. The predicted octanol–water partition coefficient (Wildman–Crippen LogP) is 1.36. The monoisotopic (exact) mass is 423 g/mol. The van der Waals surface area contributed by atoms with E-state index in [0.717, 1.165) is 0 Å². The van der Waals surface area contributed by atoms with E-state index in [2.05, 4.69) is 36.3 Å². The van der Waals surface area contributed by atoms with Gasteiger partial charge in [-0.05, 0) is 22.4 Å². The van der Waals surface area contributed by atoms with Crippen molar-refractivity contribution < 1.29 is 14.5 Å². The van der Waals surface area contributed by atoms with Crippen LogP contribution in [-0.2, 0) is 4.79 Å². The quantitative estimate of drug-likeness (QED) is 0.379. The van der Waals surface area contributed by atoms with Gasteiger partial charge in [0.05, 0.1) is 11.5 Å². The minimum atomic E-state index is -0.621. The maximum atomic E-state index is 12.2. The van der Waals surface area contributed by atoms with Crippen LogP contribution in [0.25, 0.3) is 0 Å². The number of hydrogen-bond acceptors (Lipinski definition) is 8. The summed E-state index contributed by atoms with van der Waals surface area (Å²) < 4.78 is 7.05. The Morgan fingerprint density at radius 2 is 2.35 bits per heavy atom. The molecule has 0 aliphatic rings. The summed E-state index contributed by atoms with van der Waals surface area (Å²) in [5, 5.41) is 26.3. The fourth-order valence-corrected chi connectivity index (χ4v) is 2.39. The van der Waals surface area contributed by atoms with Crippen LogP contribution in [0.15, 0.2) is 23.1 Å². The highest BCUT2D eigenvalue weighted by Gasteiger charge is 2.20. The van der Waals surface area contributed by atoms with Gasteiger partial charge < -0.3 is 10.1 Å². The molecule has 0 aliphatic carbocycles. The van der Waals surface area contributed by atoms with Gasteiger partial charge in [-0.1, -0.05) is 6.92 Å². The van der Waals surface area contributed by atoms with Crippen molar-refractivity contribution in [1.82, 2.24) is 25.1 Å². The number of carbonyl (C=O) groups is 1. The maximum absolute atomic E-state index is 12.2. The molecule has 0 saturated carbocycles. The molecule has 0 spiro atoms. The van der Waals surface area contributed by atoms with Gasteiger partial charge in [0, 0.05) is 16.7 Å². The molecular weight excluding hydrogens is 410 g/mol. The first-order valence-electron chi connectivity index (χ1n) is 7.48. The molecule has 2 heterocycles. The maximum Gasteiger partial charge on any atom is 0.332 e. The van der Waals surface area contributed by atoms with Crippen LogP contribution in [0.5, 0.6) is 5.88 Å². The van der Waals surface area contributed by atoms with E-state index in [1.165, 1.54) is 23.3 Å². The summed E-state index contributed by atoms with van der Waals surface area (Å²) in [6.45, 7) is 1.91. The molecule has 1 N–H and O–H groups in total. The first-order chi connectivity index (χ1) is 12.5. The Labute approximate surface area is 156 Å². The van der Waals surface area contributed by atoms with E-state index >= 15 is 0 Å². The number of ether oxygens (including phenoxy) is 1. The number of hydrogen-bond donors (Lipinski definition) is 1. The fraction of sp³-hybridized carbons (Fsp3) is 0.357. The number of carbonyl (C=O) groups excluding carboxylic acids is 1. The molecule has 1 atom stereocenters. The molecule has 0 aromatic carbocycles. The molecule has 0 bridgehead atoms. The molecule has 1 unspecified atom stereocenters. The van der Waals surface area contributed by atoms with Gasteiger partial charge in [0.1, 0.15) is 25.0 Å². The summed E-state index contributed by atoms with van der Waals surface area (Å²) in [5.74, 6) is -0.480. The summed E-state index contributed by atoms with van der Waals surface area (Å²) in [6.07, 6.45) is 3.14. The number of rotatable bonds is 8. The number of nitrogens with zero attached hydrogens (tertiary/aromatic N) is 6. The van der Waals surface area contributed by atoms with Crippen molar-refractivity contribution in [3.8, 4) is 11.9 Å². The minimum Gasteiger partial charge on any atom is -0.471 e. The molecule has 0 radical (unpaired) electrons. The van der Waals surface area contributed by atoms with E-state index in [1.807, 2.05) is 0 Å². The smallest absolute Gasteiger partial charge is 0.332 e. The van der Waals surface area contributed by atoms with Crippen molar-refractivity contribution in [3.63, 3.8) is 0 Å². The lowest BCUT2D eigenvalue weighted by Crippen LogP contribution is -2.35. The van der Waals surface area contributed by atoms with Gasteiger partial charge in [-0.25, -0.2) is 14.6 Å². The first kappa shape index (κ1) is 19.3. The molecule has 136 valence electrons. The zero-order valence-corrected chi connectivity index (χ0v) is 15.2. The summed E-state index contributed by atoms with van der Waals surface area (Å²) >= 11 is 3.11. The molecule has 2 rings (SSSR count). The third-order valence-electron chi connectivity index (χ3n) is 3.25. The van der Waals surface area contributed by atoms with Crippen molar-refractivity contribution in [1.29, 1.82) is 5.26 Å². The highest BCUT2D eigenvalue weighted by Crippen LogP contribution is 2.27. The zero-order valence-electron chi connectivity index (χ0n) is 13.6. The van der Waals surface area contributed by atoms with Crippen LogP contribution in [-0.4, -0.2) is 43.7 Å². The summed E-state index contributed by atoms with van der Waals surface area (Å²) in [4.78, 5) is 30.2. The second-order valence-corrected chi connectivity index (χ2v) is 5.87. The Morgan fingerprint density at radius 1 is 1.58 bits per heavy atom. The lowest BCUT2D eigenvalue weighted by Gasteiger charge is -2.15. The number of amides is 1. The average molecular weight is 424 g/mol. The van der Waals surface area contributed by atoms with Crippen molar-refractivity contribution in [2.45, 2.75) is 19.4 Å². The molecular formula is C14H14BrN7O4. The topological polar surface area (TPSA) is 149 Å². The van der Waals surface area contributed by atoms with Crippen molar-refractivity contribution in [2.24, 2.45) is 0 Å². The highest BCUT2D eigenvalue weighted by molar-refractivity contribution is 9.10. The summed E-state index contributed by atoms with van der Waals surface area (Å²) in [7, 11) is 0. The molecule has 0 fully saturated rings. The van der Waals surface area contributed by atoms with Gasteiger partial charge in [0.25, 0.3) is 11.7 Å². The molecule has 12 heteroatoms. The van der Waals surface area contributed by atoms with E-state index in [9.17, 15) is 14.9 Å².